The molecule has 0 bridgehead atoms. The third-order valence-electron chi connectivity index (χ3n) is 5.39. The summed E-state index contributed by atoms with van der Waals surface area (Å²) in [4.78, 5) is 26.4. The fourth-order valence-corrected chi connectivity index (χ4v) is 4.90. The summed E-state index contributed by atoms with van der Waals surface area (Å²) in [5.41, 5.74) is 1.85. The van der Waals surface area contributed by atoms with E-state index in [1.165, 1.54) is 48.2 Å². The van der Waals surface area contributed by atoms with E-state index in [1.807, 2.05) is 30.3 Å². The van der Waals surface area contributed by atoms with E-state index >= 15 is 0 Å². The molecule has 0 aliphatic carbocycles. The number of carbonyl (C=O) groups excluding carboxylic acids is 2. The second-order valence-corrected chi connectivity index (χ2v) is 9.43. The molecule has 2 N–H and O–H groups in total. The number of amides is 2. The van der Waals surface area contributed by atoms with Gasteiger partial charge in [0.2, 0.25) is 11.8 Å². The molecule has 1 aliphatic heterocycles. The highest BCUT2D eigenvalue weighted by Gasteiger charge is 2.28. The van der Waals surface area contributed by atoms with Crippen molar-refractivity contribution in [1.29, 1.82) is 0 Å². The minimum atomic E-state index is -4.08. The van der Waals surface area contributed by atoms with Gasteiger partial charge < -0.3 is 10.2 Å². The monoisotopic (exact) mass is 479 g/mol. The normalized spacial score (nSPS) is 14.9. The van der Waals surface area contributed by atoms with Crippen molar-refractivity contribution in [2.24, 2.45) is 0 Å². The number of sulfonamides is 1. The largest absolute Gasteiger partial charge is 0.326 e. The molecular formula is C25H22FN3O4S. The van der Waals surface area contributed by atoms with Crippen molar-refractivity contribution >= 4 is 39.3 Å². The fourth-order valence-electron chi connectivity index (χ4n) is 3.79. The summed E-state index contributed by atoms with van der Waals surface area (Å²) < 4.78 is 41.5. The SMILES string of the molecule is CC(=O)N1C=Cc2ccccc2[C@@H]1CC(=O)Nc1cccc(S(=O)(=O)Nc2ccccc2F)c1. The number of para-hydroxylation sites is 1. The number of anilines is 2. The van der Waals surface area contributed by atoms with Crippen LogP contribution in [0.4, 0.5) is 15.8 Å². The number of carbonyl (C=O) groups is 2. The number of rotatable bonds is 6. The quantitative estimate of drug-likeness (QED) is 0.543. The summed E-state index contributed by atoms with van der Waals surface area (Å²) in [7, 11) is -4.08. The average Bonchev–Trinajstić information content (AvgIpc) is 2.80. The van der Waals surface area contributed by atoms with Crippen LogP contribution in [0.25, 0.3) is 6.08 Å². The molecule has 34 heavy (non-hydrogen) atoms. The van der Waals surface area contributed by atoms with E-state index in [1.54, 1.807) is 12.3 Å². The summed E-state index contributed by atoms with van der Waals surface area (Å²) >= 11 is 0. The van der Waals surface area contributed by atoms with Crippen LogP contribution < -0.4 is 10.0 Å². The molecule has 1 aliphatic rings. The summed E-state index contributed by atoms with van der Waals surface area (Å²) in [5.74, 6) is -1.29. The Balaban J connectivity index is 1.52. The number of halogens is 1. The second-order valence-electron chi connectivity index (χ2n) is 7.75. The van der Waals surface area contributed by atoms with Gasteiger partial charge in [-0.25, -0.2) is 12.8 Å². The van der Waals surface area contributed by atoms with Crippen LogP contribution in [0.15, 0.2) is 83.9 Å². The molecule has 0 radical (unpaired) electrons. The van der Waals surface area contributed by atoms with E-state index in [4.69, 9.17) is 0 Å². The first-order valence-electron chi connectivity index (χ1n) is 10.5. The Bertz CT molecular complexity index is 1390. The van der Waals surface area contributed by atoms with E-state index in [0.717, 1.165) is 17.2 Å². The van der Waals surface area contributed by atoms with Crippen molar-refractivity contribution in [1.82, 2.24) is 4.90 Å². The molecule has 4 rings (SSSR count). The van der Waals surface area contributed by atoms with Gasteiger partial charge in [-0.3, -0.25) is 14.3 Å². The molecule has 174 valence electrons. The van der Waals surface area contributed by atoms with Crippen LogP contribution in [0.1, 0.15) is 30.5 Å². The third kappa shape index (κ3) is 4.99. The zero-order valence-electron chi connectivity index (χ0n) is 18.2. The Labute approximate surface area is 197 Å². The standard InChI is InChI=1S/C25H22FN3O4S/c1-17(30)29-14-13-18-7-2-3-10-21(18)24(29)16-25(31)27-19-8-6-9-20(15-19)34(32,33)28-23-12-5-4-11-22(23)26/h2-15,24,28H,16H2,1H3,(H,27,31)/t24-/m0/s1. The predicted octanol–water partition coefficient (Wildman–Crippen LogP) is 4.53. The molecule has 0 unspecified atom stereocenters. The first-order valence-corrected chi connectivity index (χ1v) is 12.0. The molecule has 1 atom stereocenters. The molecule has 1 heterocycles. The molecule has 0 saturated heterocycles. The number of benzene rings is 3. The lowest BCUT2D eigenvalue weighted by atomic mass is 9.93. The van der Waals surface area contributed by atoms with Crippen LogP contribution in [-0.2, 0) is 19.6 Å². The van der Waals surface area contributed by atoms with Gasteiger partial charge in [0.25, 0.3) is 10.0 Å². The van der Waals surface area contributed by atoms with Gasteiger partial charge in [-0.2, -0.15) is 0 Å². The lowest BCUT2D eigenvalue weighted by molar-refractivity contribution is -0.129. The maximum atomic E-state index is 13.9. The van der Waals surface area contributed by atoms with Gasteiger partial charge in [0.05, 0.1) is 23.0 Å². The number of nitrogens with zero attached hydrogens (tertiary/aromatic N) is 1. The Kier molecular flexibility index (Phi) is 6.47. The van der Waals surface area contributed by atoms with Crippen molar-refractivity contribution in [2.45, 2.75) is 24.3 Å². The molecular weight excluding hydrogens is 457 g/mol. The van der Waals surface area contributed by atoms with Gasteiger partial charge in [0.15, 0.2) is 0 Å². The van der Waals surface area contributed by atoms with E-state index in [0.29, 0.717) is 0 Å². The van der Waals surface area contributed by atoms with E-state index in [9.17, 15) is 22.4 Å². The van der Waals surface area contributed by atoms with Crippen molar-refractivity contribution < 1.29 is 22.4 Å². The van der Waals surface area contributed by atoms with Crippen LogP contribution in [-0.4, -0.2) is 25.1 Å². The summed E-state index contributed by atoms with van der Waals surface area (Å²) in [6, 6.07) is 18.1. The highest BCUT2D eigenvalue weighted by molar-refractivity contribution is 7.92. The zero-order chi connectivity index (χ0) is 24.3. The maximum absolute atomic E-state index is 13.9. The lowest BCUT2D eigenvalue weighted by Gasteiger charge is -2.32. The van der Waals surface area contributed by atoms with E-state index in [-0.39, 0.29) is 28.6 Å². The minimum Gasteiger partial charge on any atom is -0.326 e. The third-order valence-corrected chi connectivity index (χ3v) is 6.76. The lowest BCUT2D eigenvalue weighted by Crippen LogP contribution is -2.33. The van der Waals surface area contributed by atoms with Gasteiger partial charge in [-0.1, -0.05) is 42.5 Å². The summed E-state index contributed by atoms with van der Waals surface area (Å²) in [6.07, 6.45) is 3.46. The molecule has 0 fully saturated rings. The molecule has 9 heteroatoms. The Hall–Kier alpha value is -3.98. The molecule has 3 aromatic rings. The van der Waals surface area contributed by atoms with Crippen LogP contribution >= 0.6 is 0 Å². The van der Waals surface area contributed by atoms with Crippen LogP contribution in [0.2, 0.25) is 0 Å². The molecule has 0 spiro atoms. The van der Waals surface area contributed by atoms with Crippen molar-refractivity contribution in [3.8, 4) is 0 Å². The number of hydrogen-bond donors (Lipinski definition) is 2. The molecule has 2 amide bonds. The van der Waals surface area contributed by atoms with Crippen molar-refractivity contribution in [2.75, 3.05) is 10.0 Å². The van der Waals surface area contributed by atoms with Crippen molar-refractivity contribution in [3.05, 3.63) is 95.9 Å². The predicted molar refractivity (Wildman–Crippen MR) is 128 cm³/mol. The number of nitrogens with one attached hydrogen (secondary N) is 2. The van der Waals surface area contributed by atoms with Gasteiger partial charge >= 0.3 is 0 Å². The molecule has 0 saturated carbocycles. The minimum absolute atomic E-state index is 0.0224. The van der Waals surface area contributed by atoms with Gasteiger partial charge in [0.1, 0.15) is 5.82 Å². The maximum Gasteiger partial charge on any atom is 0.262 e. The number of fused-ring (bicyclic) bond motifs is 1. The highest BCUT2D eigenvalue weighted by Crippen LogP contribution is 2.33. The topological polar surface area (TPSA) is 95.6 Å². The zero-order valence-corrected chi connectivity index (χ0v) is 19.1. The summed E-state index contributed by atoms with van der Waals surface area (Å²) in [6.45, 7) is 1.43. The van der Waals surface area contributed by atoms with Crippen LogP contribution in [0.5, 0.6) is 0 Å². The van der Waals surface area contributed by atoms with Gasteiger partial charge in [-0.05, 0) is 47.5 Å². The average molecular weight is 480 g/mol. The first-order chi connectivity index (χ1) is 16.2. The van der Waals surface area contributed by atoms with E-state index < -0.39 is 27.8 Å². The molecule has 0 aromatic heterocycles. The fraction of sp³-hybridized carbons (Fsp3) is 0.120. The Morgan fingerprint density at radius 3 is 2.50 bits per heavy atom. The van der Waals surface area contributed by atoms with Crippen LogP contribution in [0.3, 0.4) is 0 Å². The van der Waals surface area contributed by atoms with Gasteiger partial charge in [-0.15, -0.1) is 0 Å². The molecule has 7 nitrogen and oxygen atoms in total. The first kappa shape index (κ1) is 23.2. The highest BCUT2D eigenvalue weighted by atomic mass is 32.2. The second kappa shape index (κ2) is 9.48. The van der Waals surface area contributed by atoms with Crippen molar-refractivity contribution in [3.63, 3.8) is 0 Å². The van der Waals surface area contributed by atoms with Crippen LogP contribution in [0, 0.1) is 5.82 Å². The summed E-state index contributed by atoms with van der Waals surface area (Å²) in [5, 5.41) is 2.70. The Morgan fingerprint density at radius 2 is 1.74 bits per heavy atom. The number of hydrogen-bond acceptors (Lipinski definition) is 4. The molecule has 3 aromatic carbocycles. The Morgan fingerprint density at radius 1 is 1.00 bits per heavy atom. The van der Waals surface area contributed by atoms with E-state index in [2.05, 4.69) is 10.0 Å². The van der Waals surface area contributed by atoms with Gasteiger partial charge in [0, 0.05) is 18.8 Å². The smallest absolute Gasteiger partial charge is 0.262 e.